The molecular formula is C20H27N5O. The number of carbonyl (C=O) groups excluding carboxylic acids is 1. The second kappa shape index (κ2) is 8.76. The van der Waals surface area contributed by atoms with Gasteiger partial charge in [-0.25, -0.2) is 9.97 Å². The molecule has 138 valence electrons. The minimum atomic E-state index is -0.105. The fourth-order valence-corrected chi connectivity index (χ4v) is 3.09. The molecule has 1 aliphatic heterocycles. The predicted molar refractivity (Wildman–Crippen MR) is 104 cm³/mol. The first-order valence-electron chi connectivity index (χ1n) is 9.25. The third-order valence-corrected chi connectivity index (χ3v) is 4.55. The van der Waals surface area contributed by atoms with E-state index >= 15 is 0 Å². The number of aromatic nitrogens is 2. The van der Waals surface area contributed by atoms with Gasteiger partial charge in [-0.15, -0.1) is 0 Å². The molecule has 1 fully saturated rings. The van der Waals surface area contributed by atoms with Gasteiger partial charge < -0.3 is 15.1 Å². The molecule has 2 heterocycles. The number of hydrogen-bond donors (Lipinski definition) is 1. The summed E-state index contributed by atoms with van der Waals surface area (Å²) in [4.78, 5) is 26.2. The molecule has 0 radical (unpaired) electrons. The maximum absolute atomic E-state index is 12.7. The van der Waals surface area contributed by atoms with Crippen LogP contribution in [0.15, 0.2) is 36.5 Å². The van der Waals surface area contributed by atoms with Gasteiger partial charge in [-0.3, -0.25) is 4.79 Å². The normalized spacial score (nSPS) is 14.5. The molecule has 0 atom stereocenters. The molecule has 1 aromatic carbocycles. The molecule has 1 amide bonds. The molecule has 26 heavy (non-hydrogen) atoms. The second-order valence-electron chi connectivity index (χ2n) is 6.90. The first kappa shape index (κ1) is 18.3. The molecule has 1 saturated heterocycles. The first-order chi connectivity index (χ1) is 12.6. The smallest absolute Gasteiger partial charge is 0.256 e. The molecule has 6 nitrogen and oxygen atoms in total. The lowest BCUT2D eigenvalue weighted by molar-refractivity contribution is 0.0951. The first-order valence-corrected chi connectivity index (χ1v) is 9.25. The van der Waals surface area contributed by atoms with Crippen molar-refractivity contribution in [1.82, 2.24) is 20.2 Å². The summed E-state index contributed by atoms with van der Waals surface area (Å²) in [5, 5.41) is 2.98. The second-order valence-corrected chi connectivity index (χ2v) is 6.90. The van der Waals surface area contributed by atoms with Crippen LogP contribution in [-0.4, -0.2) is 61.0 Å². The fraction of sp³-hybridized carbons (Fsp3) is 0.450. The van der Waals surface area contributed by atoms with E-state index in [2.05, 4.69) is 15.2 Å². The predicted octanol–water partition coefficient (Wildman–Crippen LogP) is 2.43. The highest BCUT2D eigenvalue weighted by atomic mass is 16.1. The van der Waals surface area contributed by atoms with Crippen molar-refractivity contribution in [3.8, 4) is 11.4 Å². The van der Waals surface area contributed by atoms with Gasteiger partial charge in [0, 0.05) is 37.9 Å². The van der Waals surface area contributed by atoms with E-state index in [1.54, 1.807) is 6.20 Å². The lowest BCUT2D eigenvalue weighted by Crippen LogP contribution is -2.35. The number of hydrogen-bond acceptors (Lipinski definition) is 5. The van der Waals surface area contributed by atoms with E-state index in [0.29, 0.717) is 17.9 Å². The highest BCUT2D eigenvalue weighted by molar-refractivity contribution is 5.98. The maximum atomic E-state index is 12.7. The standard InChI is InChI=1S/C20H27N5O/c1-24(2)14-11-21-20(26)17-15-22-18(16-9-5-3-6-10-16)23-19(17)25-12-7-4-8-13-25/h3,5-6,9-10,15H,4,7-8,11-14H2,1-2H3,(H,21,26). The van der Waals surface area contributed by atoms with Gasteiger partial charge in [-0.2, -0.15) is 0 Å². The molecule has 0 bridgehead atoms. The molecule has 0 aliphatic carbocycles. The van der Waals surface area contributed by atoms with Crippen LogP contribution >= 0.6 is 0 Å². The summed E-state index contributed by atoms with van der Waals surface area (Å²) in [7, 11) is 3.98. The van der Waals surface area contributed by atoms with Gasteiger partial charge in [0.15, 0.2) is 5.82 Å². The maximum Gasteiger partial charge on any atom is 0.256 e. The van der Waals surface area contributed by atoms with Crippen molar-refractivity contribution in [2.75, 3.05) is 45.2 Å². The Bertz CT molecular complexity index is 726. The molecule has 1 N–H and O–H groups in total. The van der Waals surface area contributed by atoms with Crippen molar-refractivity contribution < 1.29 is 4.79 Å². The largest absolute Gasteiger partial charge is 0.356 e. The summed E-state index contributed by atoms with van der Waals surface area (Å²) in [5.41, 5.74) is 1.52. The summed E-state index contributed by atoms with van der Waals surface area (Å²) >= 11 is 0. The molecule has 2 aromatic rings. The van der Waals surface area contributed by atoms with Crippen LogP contribution in [0.5, 0.6) is 0 Å². The monoisotopic (exact) mass is 353 g/mol. The Morgan fingerprint density at radius 3 is 2.58 bits per heavy atom. The zero-order chi connectivity index (χ0) is 18.4. The summed E-state index contributed by atoms with van der Waals surface area (Å²) in [6.07, 6.45) is 5.17. The number of carbonyl (C=O) groups is 1. The molecule has 0 saturated carbocycles. The minimum Gasteiger partial charge on any atom is -0.356 e. The lowest BCUT2D eigenvalue weighted by atomic mass is 10.1. The number of likely N-dealkylation sites (N-methyl/N-ethyl adjacent to an activating group) is 1. The van der Waals surface area contributed by atoms with Gasteiger partial charge in [-0.05, 0) is 33.4 Å². The number of amides is 1. The summed E-state index contributed by atoms with van der Waals surface area (Å²) in [5.74, 6) is 1.31. The van der Waals surface area contributed by atoms with E-state index in [0.717, 1.165) is 43.9 Å². The number of anilines is 1. The van der Waals surface area contributed by atoms with Gasteiger partial charge >= 0.3 is 0 Å². The van der Waals surface area contributed by atoms with Crippen LogP contribution in [0.1, 0.15) is 29.6 Å². The minimum absolute atomic E-state index is 0.105. The van der Waals surface area contributed by atoms with E-state index in [9.17, 15) is 4.79 Å². The molecule has 0 unspecified atom stereocenters. The SMILES string of the molecule is CN(C)CCNC(=O)c1cnc(-c2ccccc2)nc1N1CCCCC1. The number of nitrogens with one attached hydrogen (secondary N) is 1. The van der Waals surface area contributed by atoms with E-state index in [-0.39, 0.29) is 5.91 Å². The average molecular weight is 353 g/mol. The zero-order valence-electron chi connectivity index (χ0n) is 15.6. The summed E-state index contributed by atoms with van der Waals surface area (Å²) < 4.78 is 0. The lowest BCUT2D eigenvalue weighted by Gasteiger charge is -2.29. The number of piperidine rings is 1. The van der Waals surface area contributed by atoms with Crippen LogP contribution in [-0.2, 0) is 0 Å². The van der Waals surface area contributed by atoms with Crippen LogP contribution in [0.25, 0.3) is 11.4 Å². The van der Waals surface area contributed by atoms with E-state index in [4.69, 9.17) is 4.98 Å². The Balaban J connectivity index is 1.88. The molecular weight excluding hydrogens is 326 g/mol. The number of benzene rings is 1. The fourth-order valence-electron chi connectivity index (χ4n) is 3.09. The zero-order valence-corrected chi connectivity index (χ0v) is 15.6. The Kier molecular flexibility index (Phi) is 6.17. The van der Waals surface area contributed by atoms with Crippen molar-refractivity contribution in [3.63, 3.8) is 0 Å². The molecule has 3 rings (SSSR count). The Morgan fingerprint density at radius 1 is 1.15 bits per heavy atom. The highest BCUT2D eigenvalue weighted by Gasteiger charge is 2.21. The van der Waals surface area contributed by atoms with Crippen LogP contribution in [0.4, 0.5) is 5.82 Å². The summed E-state index contributed by atoms with van der Waals surface area (Å²) in [6, 6.07) is 9.90. The van der Waals surface area contributed by atoms with Gasteiger partial charge in [0.2, 0.25) is 0 Å². The number of rotatable bonds is 6. The van der Waals surface area contributed by atoms with E-state index in [1.165, 1.54) is 6.42 Å². The van der Waals surface area contributed by atoms with Crippen LogP contribution < -0.4 is 10.2 Å². The van der Waals surface area contributed by atoms with Crippen molar-refractivity contribution in [1.29, 1.82) is 0 Å². The van der Waals surface area contributed by atoms with Gasteiger partial charge in [0.05, 0.1) is 0 Å². The number of nitrogens with zero attached hydrogens (tertiary/aromatic N) is 4. The van der Waals surface area contributed by atoms with Crippen molar-refractivity contribution in [2.45, 2.75) is 19.3 Å². The van der Waals surface area contributed by atoms with Crippen molar-refractivity contribution in [3.05, 3.63) is 42.1 Å². The Hall–Kier alpha value is -2.47. The van der Waals surface area contributed by atoms with Gasteiger partial charge in [0.25, 0.3) is 5.91 Å². The van der Waals surface area contributed by atoms with Gasteiger partial charge in [-0.1, -0.05) is 30.3 Å². The molecule has 6 heteroatoms. The quantitative estimate of drug-likeness (QED) is 0.864. The molecule has 1 aromatic heterocycles. The Labute approximate surface area is 155 Å². The summed E-state index contributed by atoms with van der Waals surface area (Å²) in [6.45, 7) is 3.27. The molecule has 1 aliphatic rings. The van der Waals surface area contributed by atoms with Crippen LogP contribution in [0.2, 0.25) is 0 Å². The highest BCUT2D eigenvalue weighted by Crippen LogP contribution is 2.25. The van der Waals surface area contributed by atoms with E-state index in [1.807, 2.05) is 49.3 Å². The van der Waals surface area contributed by atoms with Crippen LogP contribution in [0.3, 0.4) is 0 Å². The van der Waals surface area contributed by atoms with Crippen molar-refractivity contribution in [2.24, 2.45) is 0 Å². The third-order valence-electron chi connectivity index (χ3n) is 4.55. The van der Waals surface area contributed by atoms with Gasteiger partial charge in [0.1, 0.15) is 11.4 Å². The molecule has 0 spiro atoms. The van der Waals surface area contributed by atoms with E-state index < -0.39 is 0 Å². The topological polar surface area (TPSA) is 61.4 Å². The third kappa shape index (κ3) is 4.58. The van der Waals surface area contributed by atoms with Crippen molar-refractivity contribution >= 4 is 11.7 Å². The Morgan fingerprint density at radius 2 is 1.88 bits per heavy atom. The average Bonchev–Trinajstić information content (AvgIpc) is 2.68. The van der Waals surface area contributed by atoms with Crippen LogP contribution in [0, 0.1) is 0 Å².